The van der Waals surface area contributed by atoms with E-state index in [1.165, 1.54) is 18.2 Å². The van der Waals surface area contributed by atoms with Crippen LogP contribution in [0.1, 0.15) is 29.8 Å². The lowest BCUT2D eigenvalue weighted by Gasteiger charge is -2.06. The summed E-state index contributed by atoms with van der Waals surface area (Å²) in [5.74, 6) is -1.34. The van der Waals surface area contributed by atoms with Crippen LogP contribution in [0.15, 0.2) is 24.3 Å². The predicted octanol–water partition coefficient (Wildman–Crippen LogP) is 2.15. The molecule has 102 valence electrons. The summed E-state index contributed by atoms with van der Waals surface area (Å²) in [7, 11) is 0. The van der Waals surface area contributed by atoms with Gasteiger partial charge in [0, 0.05) is 11.6 Å². The number of benzene rings is 1. The molecule has 5 nitrogen and oxygen atoms in total. The van der Waals surface area contributed by atoms with Gasteiger partial charge in [-0.25, -0.2) is 9.59 Å². The number of carbonyl (C=O) groups excluding carboxylic acids is 2. The predicted molar refractivity (Wildman–Crippen MR) is 69.7 cm³/mol. The maximum Gasteiger partial charge on any atom is 0.341 e. The van der Waals surface area contributed by atoms with Gasteiger partial charge in [-0.1, -0.05) is 12.1 Å². The molecule has 0 aliphatic carbocycles. The zero-order chi connectivity index (χ0) is 14.3. The Morgan fingerprint density at radius 1 is 1.21 bits per heavy atom. The fourth-order valence-corrected chi connectivity index (χ4v) is 1.42. The molecule has 0 spiro atoms. The fraction of sp³-hybridized carbons (Fsp3) is 0.286. The van der Waals surface area contributed by atoms with Gasteiger partial charge in [0.25, 0.3) is 0 Å². The first-order chi connectivity index (χ1) is 9.10. The maximum absolute atomic E-state index is 11.6. The van der Waals surface area contributed by atoms with Crippen molar-refractivity contribution in [3.63, 3.8) is 0 Å². The van der Waals surface area contributed by atoms with Gasteiger partial charge in [0.2, 0.25) is 0 Å². The Labute approximate surface area is 111 Å². The van der Waals surface area contributed by atoms with Crippen LogP contribution in [0.4, 0.5) is 0 Å². The number of phenols is 1. The normalized spacial score (nSPS) is 10.4. The molecule has 0 aromatic heterocycles. The molecule has 0 fully saturated rings. The van der Waals surface area contributed by atoms with Gasteiger partial charge in [0.1, 0.15) is 11.3 Å². The Bertz CT molecular complexity index is 491. The molecule has 0 bridgehead atoms. The van der Waals surface area contributed by atoms with Crippen molar-refractivity contribution >= 4 is 18.0 Å². The highest BCUT2D eigenvalue weighted by Gasteiger charge is 2.13. The molecule has 1 rings (SSSR count). The highest BCUT2D eigenvalue weighted by atomic mass is 16.5. The van der Waals surface area contributed by atoms with E-state index in [1.807, 2.05) is 0 Å². The molecule has 0 saturated heterocycles. The quantitative estimate of drug-likeness (QED) is 0.651. The topological polar surface area (TPSA) is 72.8 Å². The van der Waals surface area contributed by atoms with Crippen molar-refractivity contribution in [1.29, 1.82) is 0 Å². The number of hydrogen-bond acceptors (Lipinski definition) is 5. The lowest BCUT2D eigenvalue weighted by Crippen LogP contribution is -2.05. The lowest BCUT2D eigenvalue weighted by molar-refractivity contribution is -0.137. The zero-order valence-corrected chi connectivity index (χ0v) is 10.9. The van der Waals surface area contributed by atoms with E-state index in [4.69, 9.17) is 9.47 Å². The molecule has 1 aromatic carbocycles. The molecular weight excluding hydrogens is 248 g/mol. The SMILES string of the molecule is CCOC(=O)/C=C/c1cccc(C(=O)OCC)c1O. The van der Waals surface area contributed by atoms with Crippen molar-refractivity contribution < 1.29 is 24.2 Å². The van der Waals surface area contributed by atoms with E-state index >= 15 is 0 Å². The number of ether oxygens (including phenoxy) is 2. The summed E-state index contributed by atoms with van der Waals surface area (Å²) in [5.41, 5.74) is 0.409. The Hall–Kier alpha value is -2.30. The molecule has 1 N–H and O–H groups in total. The average Bonchev–Trinajstić information content (AvgIpc) is 2.38. The summed E-state index contributed by atoms with van der Waals surface area (Å²) in [4.78, 5) is 22.7. The van der Waals surface area contributed by atoms with Crippen LogP contribution in [0.25, 0.3) is 6.08 Å². The number of esters is 2. The highest BCUT2D eigenvalue weighted by Crippen LogP contribution is 2.24. The molecule has 0 heterocycles. The van der Waals surface area contributed by atoms with Gasteiger partial charge >= 0.3 is 11.9 Å². The van der Waals surface area contributed by atoms with Crippen molar-refractivity contribution in [3.8, 4) is 5.75 Å². The summed E-state index contributed by atoms with van der Waals surface area (Å²) in [6.07, 6.45) is 2.57. The van der Waals surface area contributed by atoms with Crippen LogP contribution in [0.5, 0.6) is 5.75 Å². The summed E-state index contributed by atoms with van der Waals surface area (Å²) in [5, 5.41) is 9.92. The molecule has 19 heavy (non-hydrogen) atoms. The smallest absolute Gasteiger partial charge is 0.341 e. The van der Waals surface area contributed by atoms with E-state index in [9.17, 15) is 14.7 Å². The molecule has 0 unspecified atom stereocenters. The van der Waals surface area contributed by atoms with Crippen molar-refractivity contribution in [2.24, 2.45) is 0 Å². The van der Waals surface area contributed by atoms with E-state index in [1.54, 1.807) is 26.0 Å². The molecule has 1 aromatic rings. The van der Waals surface area contributed by atoms with E-state index < -0.39 is 11.9 Å². The molecule has 5 heteroatoms. The second kappa shape index (κ2) is 7.20. The largest absolute Gasteiger partial charge is 0.506 e. The van der Waals surface area contributed by atoms with Crippen LogP contribution >= 0.6 is 0 Å². The van der Waals surface area contributed by atoms with Crippen LogP contribution in [-0.2, 0) is 14.3 Å². The van der Waals surface area contributed by atoms with Crippen molar-refractivity contribution in [2.45, 2.75) is 13.8 Å². The monoisotopic (exact) mass is 264 g/mol. The van der Waals surface area contributed by atoms with Crippen LogP contribution in [0.3, 0.4) is 0 Å². The Morgan fingerprint density at radius 3 is 2.53 bits per heavy atom. The summed E-state index contributed by atoms with van der Waals surface area (Å²) in [6.45, 7) is 3.88. The van der Waals surface area contributed by atoms with Crippen molar-refractivity contribution in [3.05, 3.63) is 35.4 Å². The van der Waals surface area contributed by atoms with Gasteiger partial charge in [-0.15, -0.1) is 0 Å². The van der Waals surface area contributed by atoms with Gasteiger partial charge in [-0.05, 0) is 26.0 Å². The molecule has 0 aliphatic rings. The Morgan fingerprint density at radius 2 is 1.89 bits per heavy atom. The van der Waals surface area contributed by atoms with E-state index in [0.717, 1.165) is 0 Å². The Kier molecular flexibility index (Phi) is 5.60. The minimum Gasteiger partial charge on any atom is -0.506 e. The number of phenolic OH excluding ortho intramolecular Hbond substituents is 1. The highest BCUT2D eigenvalue weighted by molar-refractivity contribution is 5.95. The second-order valence-corrected chi connectivity index (χ2v) is 3.55. The van der Waals surface area contributed by atoms with Crippen LogP contribution < -0.4 is 0 Å². The van der Waals surface area contributed by atoms with Gasteiger partial charge in [-0.3, -0.25) is 0 Å². The minimum absolute atomic E-state index is 0.0628. The molecule has 0 amide bonds. The summed E-state index contributed by atoms with van der Waals surface area (Å²) in [6, 6.07) is 4.62. The van der Waals surface area contributed by atoms with E-state index in [-0.39, 0.29) is 24.5 Å². The van der Waals surface area contributed by atoms with Crippen molar-refractivity contribution in [1.82, 2.24) is 0 Å². The third-order valence-corrected chi connectivity index (χ3v) is 2.25. The first-order valence-corrected chi connectivity index (χ1v) is 5.94. The molecule has 0 aliphatic heterocycles. The number of aromatic hydroxyl groups is 1. The van der Waals surface area contributed by atoms with Gasteiger partial charge in [-0.2, -0.15) is 0 Å². The molecular formula is C14H16O5. The first-order valence-electron chi connectivity index (χ1n) is 5.94. The number of hydrogen-bond donors (Lipinski definition) is 1. The number of rotatable bonds is 5. The van der Waals surface area contributed by atoms with E-state index in [0.29, 0.717) is 5.56 Å². The maximum atomic E-state index is 11.6. The van der Waals surface area contributed by atoms with Crippen LogP contribution in [0, 0.1) is 0 Å². The second-order valence-electron chi connectivity index (χ2n) is 3.55. The molecule has 0 atom stereocenters. The average molecular weight is 264 g/mol. The standard InChI is InChI=1S/C14H16O5/c1-3-18-12(15)9-8-10-6-5-7-11(13(10)16)14(17)19-4-2/h5-9,16H,3-4H2,1-2H3/b9-8+. The summed E-state index contributed by atoms with van der Waals surface area (Å²) < 4.78 is 9.53. The first kappa shape index (κ1) is 14.8. The van der Waals surface area contributed by atoms with E-state index in [2.05, 4.69) is 0 Å². The molecule has 0 radical (unpaired) electrons. The Balaban J connectivity index is 2.95. The van der Waals surface area contributed by atoms with Crippen LogP contribution in [-0.4, -0.2) is 30.3 Å². The van der Waals surface area contributed by atoms with Gasteiger partial charge in [0.15, 0.2) is 0 Å². The third-order valence-electron chi connectivity index (χ3n) is 2.25. The van der Waals surface area contributed by atoms with Gasteiger partial charge in [0.05, 0.1) is 13.2 Å². The van der Waals surface area contributed by atoms with Gasteiger partial charge < -0.3 is 14.6 Å². The lowest BCUT2D eigenvalue weighted by atomic mass is 10.1. The fourth-order valence-electron chi connectivity index (χ4n) is 1.42. The van der Waals surface area contributed by atoms with Crippen LogP contribution in [0.2, 0.25) is 0 Å². The minimum atomic E-state index is -0.605. The molecule has 0 saturated carbocycles. The zero-order valence-electron chi connectivity index (χ0n) is 10.9. The third kappa shape index (κ3) is 4.13. The number of carbonyl (C=O) groups is 2. The number of para-hydroxylation sites is 1. The summed E-state index contributed by atoms with van der Waals surface area (Å²) >= 11 is 0. The van der Waals surface area contributed by atoms with Crippen molar-refractivity contribution in [2.75, 3.05) is 13.2 Å².